The van der Waals surface area contributed by atoms with E-state index in [-0.39, 0.29) is 6.04 Å². The number of hydrogen-bond donors (Lipinski definition) is 1. The number of hydrogen-bond acceptors (Lipinski definition) is 5. The lowest BCUT2D eigenvalue weighted by Crippen LogP contribution is -2.15. The first-order valence-electron chi connectivity index (χ1n) is 5.25. The standard InChI is InChI=1S/C11H11N5S/c12-9(10-6-13-1-2-14-10)5-8-7-16-3-4-17-11(16)15-8/h1-4,6-7,9H,5,12H2. The quantitative estimate of drug-likeness (QED) is 0.758. The summed E-state index contributed by atoms with van der Waals surface area (Å²) in [4.78, 5) is 13.7. The number of aromatic nitrogens is 4. The molecule has 2 N–H and O–H groups in total. The van der Waals surface area contributed by atoms with Crippen LogP contribution in [0.15, 0.2) is 36.4 Å². The number of nitrogens with two attached hydrogens (primary N) is 1. The van der Waals surface area contributed by atoms with Gasteiger partial charge in [-0.1, -0.05) is 0 Å². The first kappa shape index (κ1) is 10.4. The van der Waals surface area contributed by atoms with Gasteiger partial charge in [-0.15, -0.1) is 11.3 Å². The van der Waals surface area contributed by atoms with Crippen LogP contribution in [-0.4, -0.2) is 19.4 Å². The molecule has 1 unspecified atom stereocenters. The molecule has 0 fully saturated rings. The minimum Gasteiger partial charge on any atom is -0.322 e. The number of thiazole rings is 1. The van der Waals surface area contributed by atoms with E-state index in [4.69, 9.17) is 5.73 Å². The molecule has 0 aromatic carbocycles. The number of rotatable bonds is 3. The molecule has 0 aliphatic carbocycles. The molecule has 3 heterocycles. The molecule has 3 rings (SSSR count). The van der Waals surface area contributed by atoms with Crippen LogP contribution in [0.25, 0.3) is 4.96 Å². The summed E-state index contributed by atoms with van der Waals surface area (Å²) in [6.45, 7) is 0. The highest BCUT2D eigenvalue weighted by Crippen LogP contribution is 2.16. The van der Waals surface area contributed by atoms with Crippen molar-refractivity contribution in [3.63, 3.8) is 0 Å². The third-order valence-electron chi connectivity index (χ3n) is 2.54. The van der Waals surface area contributed by atoms with Crippen LogP contribution >= 0.6 is 11.3 Å². The predicted molar refractivity (Wildman–Crippen MR) is 65.7 cm³/mol. The molecule has 0 amide bonds. The van der Waals surface area contributed by atoms with Gasteiger partial charge in [0.1, 0.15) is 0 Å². The fourth-order valence-electron chi connectivity index (χ4n) is 1.71. The van der Waals surface area contributed by atoms with E-state index >= 15 is 0 Å². The molecule has 0 radical (unpaired) electrons. The smallest absolute Gasteiger partial charge is 0.193 e. The number of fused-ring (bicyclic) bond motifs is 1. The lowest BCUT2D eigenvalue weighted by Gasteiger charge is -2.07. The number of nitrogens with zero attached hydrogens (tertiary/aromatic N) is 4. The van der Waals surface area contributed by atoms with Crippen molar-refractivity contribution >= 4 is 16.3 Å². The van der Waals surface area contributed by atoms with Gasteiger partial charge in [0.25, 0.3) is 0 Å². The van der Waals surface area contributed by atoms with E-state index < -0.39 is 0 Å². The highest BCUT2D eigenvalue weighted by atomic mass is 32.1. The first-order chi connectivity index (χ1) is 8.33. The van der Waals surface area contributed by atoms with Crippen LogP contribution in [0.3, 0.4) is 0 Å². The monoisotopic (exact) mass is 245 g/mol. The minimum absolute atomic E-state index is 0.159. The largest absolute Gasteiger partial charge is 0.322 e. The van der Waals surface area contributed by atoms with Gasteiger partial charge in [0.05, 0.1) is 17.4 Å². The lowest BCUT2D eigenvalue weighted by molar-refractivity contribution is 0.681. The lowest BCUT2D eigenvalue weighted by atomic mass is 10.1. The first-order valence-corrected chi connectivity index (χ1v) is 6.13. The summed E-state index contributed by atoms with van der Waals surface area (Å²) < 4.78 is 2.00. The van der Waals surface area contributed by atoms with Crippen LogP contribution in [0.1, 0.15) is 17.4 Å². The predicted octanol–water partition coefficient (Wildman–Crippen LogP) is 1.43. The van der Waals surface area contributed by atoms with Crippen molar-refractivity contribution in [2.75, 3.05) is 0 Å². The van der Waals surface area contributed by atoms with Crippen molar-refractivity contribution in [3.8, 4) is 0 Å². The van der Waals surface area contributed by atoms with Crippen LogP contribution in [0.2, 0.25) is 0 Å². The van der Waals surface area contributed by atoms with Crippen molar-refractivity contribution in [1.82, 2.24) is 19.4 Å². The summed E-state index contributed by atoms with van der Waals surface area (Å²) in [7, 11) is 0. The van der Waals surface area contributed by atoms with Gasteiger partial charge in [0.15, 0.2) is 4.96 Å². The van der Waals surface area contributed by atoms with Crippen LogP contribution in [0.5, 0.6) is 0 Å². The Morgan fingerprint density at radius 1 is 1.41 bits per heavy atom. The molecule has 0 spiro atoms. The summed E-state index contributed by atoms with van der Waals surface area (Å²) in [5.41, 5.74) is 7.85. The van der Waals surface area contributed by atoms with Crippen molar-refractivity contribution in [2.24, 2.45) is 5.73 Å². The molecule has 0 saturated heterocycles. The Balaban J connectivity index is 1.81. The van der Waals surface area contributed by atoms with E-state index in [0.29, 0.717) is 6.42 Å². The van der Waals surface area contributed by atoms with Gasteiger partial charge in [-0.05, 0) is 0 Å². The van der Waals surface area contributed by atoms with Gasteiger partial charge in [0.2, 0.25) is 0 Å². The maximum Gasteiger partial charge on any atom is 0.193 e. The minimum atomic E-state index is -0.159. The molecule has 6 heteroatoms. The topological polar surface area (TPSA) is 69.1 Å². The van der Waals surface area contributed by atoms with Crippen LogP contribution < -0.4 is 5.73 Å². The summed E-state index contributed by atoms with van der Waals surface area (Å²) in [5, 5.41) is 2.01. The summed E-state index contributed by atoms with van der Waals surface area (Å²) >= 11 is 1.61. The molecule has 3 aromatic heterocycles. The molecule has 0 bridgehead atoms. The van der Waals surface area contributed by atoms with Gasteiger partial charge in [-0.3, -0.25) is 14.4 Å². The molecule has 3 aromatic rings. The summed E-state index contributed by atoms with van der Waals surface area (Å²) in [5.74, 6) is 0. The maximum atomic E-state index is 6.07. The molecule has 0 aliphatic heterocycles. The molecular weight excluding hydrogens is 234 g/mol. The zero-order valence-corrected chi connectivity index (χ0v) is 9.84. The van der Waals surface area contributed by atoms with E-state index in [1.54, 1.807) is 29.9 Å². The Bertz CT molecular complexity index is 586. The van der Waals surface area contributed by atoms with E-state index in [0.717, 1.165) is 16.3 Å². The Kier molecular flexibility index (Phi) is 2.58. The van der Waals surface area contributed by atoms with Crippen LogP contribution in [0, 0.1) is 0 Å². The van der Waals surface area contributed by atoms with E-state index in [1.165, 1.54) is 0 Å². The highest BCUT2D eigenvalue weighted by Gasteiger charge is 2.11. The molecule has 5 nitrogen and oxygen atoms in total. The molecule has 1 atom stereocenters. The second-order valence-electron chi connectivity index (χ2n) is 3.77. The Hall–Kier alpha value is -1.79. The fourth-order valence-corrected chi connectivity index (χ4v) is 2.43. The maximum absolute atomic E-state index is 6.07. The van der Waals surface area contributed by atoms with Gasteiger partial charge in [0, 0.05) is 42.8 Å². The SMILES string of the molecule is NC(Cc1cn2ccsc2n1)c1cnccn1. The average molecular weight is 245 g/mol. The van der Waals surface area contributed by atoms with Crippen molar-refractivity contribution in [3.05, 3.63) is 47.8 Å². The van der Waals surface area contributed by atoms with E-state index in [2.05, 4.69) is 15.0 Å². The molecule has 0 saturated carbocycles. The fraction of sp³-hybridized carbons (Fsp3) is 0.182. The average Bonchev–Trinajstić information content (AvgIpc) is 2.90. The van der Waals surface area contributed by atoms with Gasteiger partial charge in [-0.2, -0.15) is 0 Å². The van der Waals surface area contributed by atoms with Crippen LogP contribution in [0.4, 0.5) is 0 Å². The Labute approximate surface area is 102 Å². The van der Waals surface area contributed by atoms with Crippen molar-refractivity contribution < 1.29 is 0 Å². The zero-order chi connectivity index (χ0) is 11.7. The highest BCUT2D eigenvalue weighted by molar-refractivity contribution is 7.15. The molecule has 17 heavy (non-hydrogen) atoms. The Morgan fingerprint density at radius 2 is 2.35 bits per heavy atom. The van der Waals surface area contributed by atoms with Crippen LogP contribution in [-0.2, 0) is 6.42 Å². The third-order valence-corrected chi connectivity index (χ3v) is 3.31. The second-order valence-corrected chi connectivity index (χ2v) is 4.64. The zero-order valence-electron chi connectivity index (χ0n) is 9.02. The van der Waals surface area contributed by atoms with E-state index in [1.807, 2.05) is 22.2 Å². The normalized spacial score (nSPS) is 13.0. The van der Waals surface area contributed by atoms with Gasteiger partial charge >= 0.3 is 0 Å². The van der Waals surface area contributed by atoms with Crippen molar-refractivity contribution in [2.45, 2.75) is 12.5 Å². The van der Waals surface area contributed by atoms with Crippen molar-refractivity contribution in [1.29, 1.82) is 0 Å². The second kappa shape index (κ2) is 4.23. The van der Waals surface area contributed by atoms with Gasteiger partial charge < -0.3 is 5.73 Å². The summed E-state index contributed by atoms with van der Waals surface area (Å²) in [6.07, 6.45) is 9.66. The molecule has 0 aliphatic rings. The van der Waals surface area contributed by atoms with E-state index in [9.17, 15) is 0 Å². The Morgan fingerprint density at radius 3 is 3.12 bits per heavy atom. The number of imidazole rings is 1. The molecule has 86 valence electrons. The van der Waals surface area contributed by atoms with Gasteiger partial charge in [-0.25, -0.2) is 4.98 Å². The third kappa shape index (κ3) is 2.04. The molecular formula is C11H11N5S. The summed E-state index contributed by atoms with van der Waals surface area (Å²) in [6, 6.07) is -0.159.